The van der Waals surface area contributed by atoms with Crippen LogP contribution in [-0.4, -0.2) is 33.5 Å². The van der Waals surface area contributed by atoms with E-state index in [4.69, 9.17) is 13.8 Å². The summed E-state index contributed by atoms with van der Waals surface area (Å²) in [6, 6.07) is 7.34. The quantitative estimate of drug-likeness (QED) is 0.388. The van der Waals surface area contributed by atoms with Gasteiger partial charge in [0.1, 0.15) is 5.75 Å². The molecule has 1 aromatic carbocycles. The first-order valence-electron chi connectivity index (χ1n) is 9.36. The minimum Gasteiger partial charge on any atom is -0.497 e. The Morgan fingerprint density at radius 1 is 1.15 bits per heavy atom. The van der Waals surface area contributed by atoms with Crippen molar-refractivity contribution in [1.82, 2.24) is 0 Å². The van der Waals surface area contributed by atoms with Gasteiger partial charge in [-0.25, -0.2) is 0 Å². The molecule has 0 aliphatic rings. The average Bonchev–Trinajstić information content (AvgIpc) is 2.58. The van der Waals surface area contributed by atoms with Gasteiger partial charge in [-0.05, 0) is 31.5 Å². The van der Waals surface area contributed by atoms with Gasteiger partial charge in [0.15, 0.2) is 0 Å². The Labute approximate surface area is 165 Å². The third kappa shape index (κ3) is 6.30. The highest BCUT2D eigenvalue weighted by Crippen LogP contribution is 2.60. The van der Waals surface area contributed by atoms with Crippen molar-refractivity contribution in [3.63, 3.8) is 0 Å². The Hall–Kier alpha value is -0.913. The summed E-state index contributed by atoms with van der Waals surface area (Å²) in [7, 11) is -3.84. The number of rotatable bonds is 10. The molecule has 27 heavy (non-hydrogen) atoms. The van der Waals surface area contributed by atoms with Crippen LogP contribution in [0.1, 0.15) is 39.4 Å². The molecule has 7 heteroatoms. The molecule has 0 amide bonds. The molecular formula is C20H35O5PSi. The second kappa shape index (κ2) is 9.53. The molecule has 0 fully saturated rings. The van der Waals surface area contributed by atoms with E-state index in [1.807, 2.05) is 58.0 Å². The summed E-state index contributed by atoms with van der Waals surface area (Å²) in [5.74, 6) is 0.735. The number of methoxy groups -OCH3 is 1. The highest BCUT2D eigenvalue weighted by atomic mass is 31.2. The molecule has 0 heterocycles. The second-order valence-corrected chi connectivity index (χ2v) is 15.6. The number of ether oxygens (including phenoxy) is 1. The maximum Gasteiger partial charge on any atom is 0.353 e. The highest BCUT2D eigenvalue weighted by molar-refractivity contribution is 7.62. The van der Waals surface area contributed by atoms with Crippen LogP contribution in [0, 0.1) is 5.41 Å². The van der Waals surface area contributed by atoms with Crippen LogP contribution in [0.2, 0.25) is 19.6 Å². The van der Waals surface area contributed by atoms with Gasteiger partial charge in [-0.3, -0.25) is 4.57 Å². The number of benzene rings is 1. The van der Waals surface area contributed by atoms with Gasteiger partial charge in [0, 0.05) is 10.4 Å². The third-order valence-corrected chi connectivity index (χ3v) is 10.7. The normalized spacial score (nSPS) is 14.9. The molecule has 0 saturated heterocycles. The van der Waals surface area contributed by atoms with Crippen LogP contribution >= 0.6 is 7.60 Å². The van der Waals surface area contributed by atoms with Crippen LogP contribution < -0.4 is 4.74 Å². The Balaban J connectivity index is 3.39. The Bertz CT molecular complexity index is 667. The lowest BCUT2D eigenvalue weighted by Crippen LogP contribution is -2.29. The van der Waals surface area contributed by atoms with Gasteiger partial charge in [-0.15, -0.1) is 0 Å². The van der Waals surface area contributed by atoms with Crippen molar-refractivity contribution < 1.29 is 23.5 Å². The van der Waals surface area contributed by atoms with Crippen LogP contribution in [0.25, 0.3) is 0 Å². The second-order valence-electron chi connectivity index (χ2n) is 8.11. The maximum atomic E-state index is 13.5. The zero-order valence-electron chi connectivity index (χ0n) is 17.9. The van der Waals surface area contributed by atoms with Gasteiger partial charge in [0.2, 0.25) is 0 Å². The third-order valence-electron chi connectivity index (χ3n) is 4.31. The van der Waals surface area contributed by atoms with Crippen molar-refractivity contribution >= 4 is 15.7 Å². The van der Waals surface area contributed by atoms with Crippen molar-refractivity contribution in [1.29, 1.82) is 0 Å². The van der Waals surface area contributed by atoms with Crippen molar-refractivity contribution in [2.75, 3.05) is 20.3 Å². The molecule has 1 aromatic rings. The van der Waals surface area contributed by atoms with Gasteiger partial charge < -0.3 is 18.9 Å². The smallest absolute Gasteiger partial charge is 0.353 e. The first-order valence-corrected chi connectivity index (χ1v) is 14.4. The molecule has 0 aliphatic heterocycles. The number of aliphatic hydroxyl groups excluding tert-OH is 1. The predicted octanol–water partition coefficient (Wildman–Crippen LogP) is 5.78. The molecule has 0 saturated carbocycles. The molecule has 154 valence electrons. The molecule has 0 aliphatic carbocycles. The first kappa shape index (κ1) is 24.1. The van der Waals surface area contributed by atoms with E-state index in [2.05, 4.69) is 19.6 Å². The zero-order valence-corrected chi connectivity index (χ0v) is 19.8. The van der Waals surface area contributed by atoms with Crippen molar-refractivity contribution in [2.24, 2.45) is 5.41 Å². The largest absolute Gasteiger partial charge is 0.497 e. The van der Waals surface area contributed by atoms with Crippen molar-refractivity contribution in [3.8, 4) is 5.75 Å². The van der Waals surface area contributed by atoms with Crippen LogP contribution in [0.5, 0.6) is 5.75 Å². The molecule has 0 aromatic heterocycles. The minimum atomic E-state index is -3.40. The van der Waals surface area contributed by atoms with E-state index in [9.17, 15) is 9.67 Å². The lowest BCUT2D eigenvalue weighted by molar-refractivity contribution is 0.0817. The molecule has 1 atom stereocenters. The highest BCUT2D eigenvalue weighted by Gasteiger charge is 2.41. The number of aliphatic hydroxyl groups is 1. The van der Waals surface area contributed by atoms with Gasteiger partial charge in [-0.1, -0.05) is 51.7 Å². The SMILES string of the molecule is CCOP(=O)(OCC)/C(=C\C(C)(C)C(O)c1ccc(OC)cc1)[Si](C)(C)C. The lowest BCUT2D eigenvalue weighted by atomic mass is 9.83. The van der Waals surface area contributed by atoms with E-state index in [0.29, 0.717) is 13.2 Å². The fourth-order valence-corrected chi connectivity index (χ4v) is 8.87. The number of hydrogen-bond donors (Lipinski definition) is 1. The molecule has 0 radical (unpaired) electrons. The average molecular weight is 415 g/mol. The predicted molar refractivity (Wildman–Crippen MR) is 114 cm³/mol. The van der Waals surface area contributed by atoms with Crippen LogP contribution in [0.15, 0.2) is 35.3 Å². The molecule has 1 N–H and O–H groups in total. The fraction of sp³-hybridized carbons (Fsp3) is 0.600. The summed E-state index contributed by atoms with van der Waals surface area (Å²) in [4.78, 5) is 0.719. The summed E-state index contributed by atoms with van der Waals surface area (Å²) < 4.78 is 29.9. The van der Waals surface area contributed by atoms with Gasteiger partial charge in [0.05, 0.1) is 34.5 Å². The van der Waals surface area contributed by atoms with Crippen LogP contribution in [0.3, 0.4) is 0 Å². The zero-order chi connectivity index (χ0) is 20.9. The molecule has 1 rings (SSSR count). The van der Waals surface area contributed by atoms with E-state index >= 15 is 0 Å². The molecule has 0 bridgehead atoms. The maximum absolute atomic E-state index is 13.5. The van der Waals surface area contributed by atoms with Gasteiger partial charge >= 0.3 is 7.60 Å². The monoisotopic (exact) mass is 414 g/mol. The topological polar surface area (TPSA) is 65.0 Å². The molecule has 0 spiro atoms. The summed E-state index contributed by atoms with van der Waals surface area (Å²) in [5.41, 5.74) is 0.114. The van der Waals surface area contributed by atoms with Gasteiger partial charge in [0.25, 0.3) is 0 Å². The van der Waals surface area contributed by atoms with E-state index in [-0.39, 0.29) is 0 Å². The first-order chi connectivity index (χ1) is 12.4. The minimum absolute atomic E-state index is 0.306. The Morgan fingerprint density at radius 3 is 2.00 bits per heavy atom. The molecule has 5 nitrogen and oxygen atoms in total. The summed E-state index contributed by atoms with van der Waals surface area (Å²) in [6.45, 7) is 14.4. The van der Waals surface area contributed by atoms with Crippen LogP contribution in [-0.2, 0) is 13.6 Å². The van der Waals surface area contributed by atoms with E-state index < -0.39 is 27.2 Å². The number of hydrogen-bond acceptors (Lipinski definition) is 5. The van der Waals surface area contributed by atoms with E-state index in [1.165, 1.54) is 0 Å². The lowest BCUT2D eigenvalue weighted by Gasteiger charge is -2.34. The van der Waals surface area contributed by atoms with E-state index in [0.717, 1.165) is 16.3 Å². The Kier molecular flexibility index (Phi) is 8.51. The molecule has 1 unspecified atom stereocenters. The summed E-state index contributed by atoms with van der Waals surface area (Å²) in [5, 5.41) is 11.0. The molecular weight excluding hydrogens is 379 g/mol. The van der Waals surface area contributed by atoms with E-state index in [1.54, 1.807) is 7.11 Å². The standard InChI is InChI=1S/C20H35O5PSi/c1-9-24-26(22,25-10-2)18(27(6,7)8)15-20(3,4)19(21)16-11-13-17(23-5)14-12-16/h11-15,19,21H,9-10H2,1-8H3/b18-15+. The van der Waals surface area contributed by atoms with Crippen LogP contribution in [0.4, 0.5) is 0 Å². The van der Waals surface area contributed by atoms with Gasteiger partial charge in [-0.2, -0.15) is 0 Å². The van der Waals surface area contributed by atoms with Crippen molar-refractivity contribution in [2.45, 2.75) is 53.4 Å². The summed E-state index contributed by atoms with van der Waals surface area (Å²) in [6.07, 6.45) is 1.15. The summed E-state index contributed by atoms with van der Waals surface area (Å²) >= 11 is 0. The Morgan fingerprint density at radius 2 is 1.63 bits per heavy atom. The fourth-order valence-electron chi connectivity index (χ4n) is 2.87. The van der Waals surface area contributed by atoms with Crippen molar-refractivity contribution in [3.05, 3.63) is 40.8 Å².